The lowest BCUT2D eigenvalue weighted by Crippen LogP contribution is -2.37. The molecule has 9 heteroatoms. The number of sulfonamides is 1. The molecule has 1 aliphatic heterocycles. The van der Waals surface area contributed by atoms with Gasteiger partial charge in [0.15, 0.2) is 0 Å². The Balaban J connectivity index is 2.32. The second-order valence-corrected chi connectivity index (χ2v) is 5.83. The molecule has 1 heterocycles. The van der Waals surface area contributed by atoms with Crippen molar-refractivity contribution in [2.24, 2.45) is 0 Å². The Labute approximate surface area is 114 Å². The Morgan fingerprint density at radius 3 is 2.65 bits per heavy atom. The fraction of sp³-hybridized carbons (Fsp3) is 0.273. The van der Waals surface area contributed by atoms with Crippen molar-refractivity contribution in [2.75, 3.05) is 6.61 Å². The SMILES string of the molecule is O=C(O)c1cc(S(=O)(=O)NC2CCOC2=O)ccc1O. The molecular formula is C11H11NO7S. The van der Waals surface area contributed by atoms with Gasteiger partial charge < -0.3 is 14.9 Å². The molecule has 0 bridgehead atoms. The van der Waals surface area contributed by atoms with E-state index in [1.807, 2.05) is 0 Å². The highest BCUT2D eigenvalue weighted by Crippen LogP contribution is 2.22. The van der Waals surface area contributed by atoms with Crippen LogP contribution in [0.1, 0.15) is 16.8 Å². The van der Waals surface area contributed by atoms with E-state index in [-0.39, 0.29) is 17.9 Å². The fourth-order valence-electron chi connectivity index (χ4n) is 1.71. The van der Waals surface area contributed by atoms with E-state index < -0.39 is 39.3 Å². The minimum atomic E-state index is -4.07. The van der Waals surface area contributed by atoms with Crippen molar-refractivity contribution in [1.82, 2.24) is 4.72 Å². The molecule has 1 aromatic rings. The number of aromatic carboxylic acids is 1. The number of carbonyl (C=O) groups excluding carboxylic acids is 1. The first-order chi connectivity index (χ1) is 9.31. The number of carboxylic acid groups (broad SMARTS) is 1. The van der Waals surface area contributed by atoms with Crippen molar-refractivity contribution in [3.63, 3.8) is 0 Å². The van der Waals surface area contributed by atoms with Crippen LogP contribution in [0.25, 0.3) is 0 Å². The maximum absolute atomic E-state index is 12.0. The predicted molar refractivity (Wildman–Crippen MR) is 64.8 cm³/mol. The first-order valence-corrected chi connectivity index (χ1v) is 7.05. The summed E-state index contributed by atoms with van der Waals surface area (Å²) in [7, 11) is -4.07. The number of aromatic hydroxyl groups is 1. The van der Waals surface area contributed by atoms with Gasteiger partial charge in [0, 0.05) is 6.42 Å². The molecule has 108 valence electrons. The molecule has 0 radical (unpaired) electrons. The van der Waals surface area contributed by atoms with E-state index in [9.17, 15) is 23.1 Å². The van der Waals surface area contributed by atoms with Crippen LogP contribution in [0.5, 0.6) is 5.75 Å². The highest BCUT2D eigenvalue weighted by atomic mass is 32.2. The van der Waals surface area contributed by atoms with E-state index in [1.54, 1.807) is 0 Å². The average molecular weight is 301 g/mol. The van der Waals surface area contributed by atoms with Gasteiger partial charge in [0.2, 0.25) is 10.0 Å². The Bertz CT molecular complexity index is 667. The highest BCUT2D eigenvalue weighted by molar-refractivity contribution is 7.89. The Hall–Kier alpha value is -2.13. The lowest BCUT2D eigenvalue weighted by molar-refractivity contribution is -0.139. The maximum Gasteiger partial charge on any atom is 0.339 e. The molecular weight excluding hydrogens is 290 g/mol. The lowest BCUT2D eigenvalue weighted by Gasteiger charge is -2.10. The van der Waals surface area contributed by atoms with Crippen LogP contribution in [0.2, 0.25) is 0 Å². The standard InChI is InChI=1S/C11H11NO7S/c13-9-2-1-6(5-7(9)10(14)15)20(17,18)12-8-3-4-19-11(8)16/h1-2,5,8,12-13H,3-4H2,(H,14,15). The summed E-state index contributed by atoms with van der Waals surface area (Å²) in [6.07, 6.45) is 0.210. The highest BCUT2D eigenvalue weighted by Gasteiger charge is 2.31. The van der Waals surface area contributed by atoms with E-state index in [2.05, 4.69) is 9.46 Å². The molecule has 1 unspecified atom stereocenters. The molecule has 20 heavy (non-hydrogen) atoms. The number of hydrogen-bond donors (Lipinski definition) is 3. The van der Waals surface area contributed by atoms with Crippen LogP contribution in [0, 0.1) is 0 Å². The summed E-state index contributed by atoms with van der Waals surface area (Å²) < 4.78 is 30.8. The molecule has 0 aromatic heterocycles. The normalized spacial score (nSPS) is 18.8. The summed E-state index contributed by atoms with van der Waals surface area (Å²) in [6.45, 7) is 0.127. The molecule has 2 rings (SSSR count). The van der Waals surface area contributed by atoms with Gasteiger partial charge in [-0.15, -0.1) is 0 Å². The second-order valence-electron chi connectivity index (χ2n) is 4.11. The van der Waals surface area contributed by atoms with Crippen molar-refractivity contribution in [2.45, 2.75) is 17.4 Å². The quantitative estimate of drug-likeness (QED) is 0.650. The molecule has 3 N–H and O–H groups in total. The topological polar surface area (TPSA) is 130 Å². The molecule has 1 fully saturated rings. The predicted octanol–water partition coefficient (Wildman–Crippen LogP) is -0.316. The number of hydrogen-bond acceptors (Lipinski definition) is 6. The third kappa shape index (κ3) is 2.73. The van der Waals surface area contributed by atoms with Gasteiger partial charge in [-0.05, 0) is 18.2 Å². The average Bonchev–Trinajstić information content (AvgIpc) is 2.74. The van der Waals surface area contributed by atoms with Crippen LogP contribution in [0.3, 0.4) is 0 Å². The van der Waals surface area contributed by atoms with Gasteiger partial charge in [0.25, 0.3) is 0 Å². The number of rotatable bonds is 4. The van der Waals surface area contributed by atoms with Crippen LogP contribution in [0.4, 0.5) is 0 Å². The summed E-state index contributed by atoms with van der Waals surface area (Å²) in [5.41, 5.74) is -0.540. The zero-order valence-electron chi connectivity index (χ0n) is 10.1. The molecule has 0 spiro atoms. The fourth-order valence-corrected chi connectivity index (χ4v) is 2.96. The number of esters is 1. The van der Waals surface area contributed by atoms with Crippen LogP contribution < -0.4 is 4.72 Å². The van der Waals surface area contributed by atoms with Gasteiger partial charge in [-0.2, -0.15) is 4.72 Å². The number of benzene rings is 1. The zero-order valence-corrected chi connectivity index (χ0v) is 10.9. The molecule has 8 nitrogen and oxygen atoms in total. The van der Waals surface area contributed by atoms with Crippen molar-refractivity contribution in [3.05, 3.63) is 23.8 Å². The number of carboxylic acids is 1. The first kappa shape index (κ1) is 14.3. The summed E-state index contributed by atoms with van der Waals surface area (Å²) in [5, 5.41) is 18.2. The van der Waals surface area contributed by atoms with Crippen LogP contribution >= 0.6 is 0 Å². The van der Waals surface area contributed by atoms with E-state index >= 15 is 0 Å². The smallest absolute Gasteiger partial charge is 0.339 e. The second kappa shape index (κ2) is 5.10. The van der Waals surface area contributed by atoms with Gasteiger partial charge in [-0.25, -0.2) is 13.2 Å². The molecule has 0 aliphatic carbocycles. The molecule has 1 atom stereocenters. The van der Waals surface area contributed by atoms with E-state index in [0.717, 1.165) is 18.2 Å². The number of nitrogens with one attached hydrogen (secondary N) is 1. The molecule has 1 aliphatic rings. The Morgan fingerprint density at radius 1 is 1.40 bits per heavy atom. The molecule has 1 saturated heterocycles. The number of phenols is 1. The molecule has 0 saturated carbocycles. The first-order valence-electron chi connectivity index (χ1n) is 5.56. The summed E-state index contributed by atoms with van der Waals surface area (Å²) in [6, 6.07) is 1.84. The number of cyclic esters (lactones) is 1. The van der Waals surface area contributed by atoms with Crippen molar-refractivity contribution in [1.29, 1.82) is 0 Å². The Kier molecular flexibility index (Phi) is 3.64. The van der Waals surface area contributed by atoms with Gasteiger partial charge in [0.1, 0.15) is 17.4 Å². The van der Waals surface area contributed by atoms with E-state index in [4.69, 9.17) is 5.11 Å². The van der Waals surface area contributed by atoms with Gasteiger partial charge in [-0.1, -0.05) is 0 Å². The van der Waals surface area contributed by atoms with Gasteiger partial charge in [-0.3, -0.25) is 4.79 Å². The molecule has 0 amide bonds. The Morgan fingerprint density at radius 2 is 2.10 bits per heavy atom. The third-order valence-electron chi connectivity index (χ3n) is 2.74. The van der Waals surface area contributed by atoms with Gasteiger partial charge >= 0.3 is 11.9 Å². The van der Waals surface area contributed by atoms with E-state index in [1.165, 1.54) is 0 Å². The maximum atomic E-state index is 12.0. The summed E-state index contributed by atoms with van der Waals surface area (Å²) >= 11 is 0. The molecule has 1 aromatic carbocycles. The third-order valence-corrected chi connectivity index (χ3v) is 4.21. The zero-order chi connectivity index (χ0) is 14.9. The van der Waals surface area contributed by atoms with Gasteiger partial charge in [0.05, 0.1) is 11.5 Å². The van der Waals surface area contributed by atoms with Crippen molar-refractivity contribution >= 4 is 22.0 Å². The van der Waals surface area contributed by atoms with Crippen LogP contribution in [-0.2, 0) is 19.6 Å². The number of carbonyl (C=O) groups is 2. The monoisotopic (exact) mass is 301 g/mol. The largest absolute Gasteiger partial charge is 0.507 e. The lowest BCUT2D eigenvalue weighted by atomic mass is 10.2. The van der Waals surface area contributed by atoms with Crippen molar-refractivity contribution < 1.29 is 33.0 Å². The minimum absolute atomic E-state index is 0.127. The van der Waals surface area contributed by atoms with E-state index in [0.29, 0.717) is 0 Å². The van der Waals surface area contributed by atoms with Crippen molar-refractivity contribution in [3.8, 4) is 5.75 Å². The minimum Gasteiger partial charge on any atom is -0.507 e. The van der Waals surface area contributed by atoms with Crippen LogP contribution in [-0.4, -0.2) is 43.2 Å². The summed E-state index contributed by atoms with van der Waals surface area (Å²) in [4.78, 5) is 21.7. The van der Waals surface area contributed by atoms with Crippen LogP contribution in [0.15, 0.2) is 23.1 Å². The number of ether oxygens (including phenoxy) is 1. The summed E-state index contributed by atoms with van der Waals surface area (Å²) in [5.74, 6) is -2.68.